The SMILES string of the molecule is COC(=O)C(CO)NC(=O)CCc1cccc(OC)c1. The summed E-state index contributed by atoms with van der Waals surface area (Å²) in [6, 6.07) is 6.38. The van der Waals surface area contributed by atoms with Crippen LogP contribution < -0.4 is 10.1 Å². The average molecular weight is 281 g/mol. The summed E-state index contributed by atoms with van der Waals surface area (Å²) in [4.78, 5) is 22.9. The van der Waals surface area contributed by atoms with Crippen LogP contribution in [-0.4, -0.2) is 43.9 Å². The minimum atomic E-state index is -1.02. The molecule has 0 aliphatic heterocycles. The van der Waals surface area contributed by atoms with Crippen molar-refractivity contribution in [3.63, 3.8) is 0 Å². The lowest BCUT2D eigenvalue weighted by Gasteiger charge is -2.13. The van der Waals surface area contributed by atoms with Crippen LogP contribution in [0.4, 0.5) is 0 Å². The summed E-state index contributed by atoms with van der Waals surface area (Å²) < 4.78 is 9.56. The molecule has 1 aromatic rings. The van der Waals surface area contributed by atoms with Gasteiger partial charge in [0.25, 0.3) is 0 Å². The summed E-state index contributed by atoms with van der Waals surface area (Å²) in [5.41, 5.74) is 0.957. The van der Waals surface area contributed by atoms with E-state index < -0.39 is 18.6 Å². The normalized spacial score (nSPS) is 11.6. The van der Waals surface area contributed by atoms with Gasteiger partial charge < -0.3 is 19.9 Å². The van der Waals surface area contributed by atoms with Crippen LogP contribution in [0.2, 0.25) is 0 Å². The molecule has 0 aliphatic carbocycles. The number of methoxy groups -OCH3 is 2. The van der Waals surface area contributed by atoms with Gasteiger partial charge in [0.15, 0.2) is 6.04 Å². The van der Waals surface area contributed by atoms with Crippen LogP contribution in [0.5, 0.6) is 5.75 Å². The molecule has 20 heavy (non-hydrogen) atoms. The first-order chi connectivity index (χ1) is 9.60. The average Bonchev–Trinajstić information content (AvgIpc) is 2.50. The van der Waals surface area contributed by atoms with E-state index in [0.717, 1.165) is 11.3 Å². The van der Waals surface area contributed by atoms with Gasteiger partial charge in [-0.05, 0) is 24.1 Å². The Morgan fingerprint density at radius 3 is 2.70 bits per heavy atom. The van der Waals surface area contributed by atoms with E-state index in [4.69, 9.17) is 9.84 Å². The highest BCUT2D eigenvalue weighted by Crippen LogP contribution is 2.13. The molecule has 6 nitrogen and oxygen atoms in total. The van der Waals surface area contributed by atoms with Gasteiger partial charge in [-0.25, -0.2) is 4.79 Å². The molecule has 0 radical (unpaired) electrons. The lowest BCUT2D eigenvalue weighted by atomic mass is 10.1. The molecule has 0 aliphatic rings. The fraction of sp³-hybridized carbons (Fsp3) is 0.429. The van der Waals surface area contributed by atoms with Crippen molar-refractivity contribution in [1.29, 1.82) is 0 Å². The molecule has 110 valence electrons. The first-order valence-electron chi connectivity index (χ1n) is 6.21. The van der Waals surface area contributed by atoms with Gasteiger partial charge in [0, 0.05) is 6.42 Å². The summed E-state index contributed by atoms with van der Waals surface area (Å²) in [6.45, 7) is -0.489. The number of rotatable bonds is 7. The van der Waals surface area contributed by atoms with E-state index in [1.807, 2.05) is 24.3 Å². The van der Waals surface area contributed by atoms with Crippen LogP contribution in [-0.2, 0) is 20.7 Å². The highest BCUT2D eigenvalue weighted by Gasteiger charge is 2.19. The largest absolute Gasteiger partial charge is 0.497 e. The number of ether oxygens (including phenoxy) is 2. The summed E-state index contributed by atoms with van der Waals surface area (Å²) in [6.07, 6.45) is 0.725. The molecular weight excluding hydrogens is 262 g/mol. The second kappa shape index (κ2) is 8.16. The highest BCUT2D eigenvalue weighted by atomic mass is 16.5. The number of hydrogen-bond acceptors (Lipinski definition) is 5. The minimum absolute atomic E-state index is 0.209. The van der Waals surface area contributed by atoms with Gasteiger partial charge in [0.1, 0.15) is 5.75 Å². The van der Waals surface area contributed by atoms with E-state index in [1.165, 1.54) is 7.11 Å². The zero-order chi connectivity index (χ0) is 15.0. The maximum absolute atomic E-state index is 11.7. The van der Waals surface area contributed by atoms with E-state index in [1.54, 1.807) is 7.11 Å². The quantitative estimate of drug-likeness (QED) is 0.701. The van der Waals surface area contributed by atoms with Crippen molar-refractivity contribution >= 4 is 11.9 Å². The zero-order valence-electron chi connectivity index (χ0n) is 11.6. The Morgan fingerprint density at radius 2 is 2.10 bits per heavy atom. The molecular formula is C14H19NO5. The second-order valence-corrected chi connectivity index (χ2v) is 4.18. The predicted molar refractivity (Wildman–Crippen MR) is 72.3 cm³/mol. The third-order valence-electron chi connectivity index (χ3n) is 2.78. The van der Waals surface area contributed by atoms with Crippen molar-refractivity contribution < 1.29 is 24.2 Å². The van der Waals surface area contributed by atoms with E-state index in [0.29, 0.717) is 6.42 Å². The standard InChI is InChI=1S/C14H19NO5/c1-19-11-5-3-4-10(8-11)6-7-13(17)15-12(9-16)14(18)20-2/h3-5,8,12,16H,6-7,9H2,1-2H3,(H,15,17). The Balaban J connectivity index is 2.48. The molecule has 1 amide bonds. The molecule has 0 heterocycles. The van der Waals surface area contributed by atoms with E-state index in [-0.39, 0.29) is 12.3 Å². The number of hydrogen-bond donors (Lipinski definition) is 2. The molecule has 1 unspecified atom stereocenters. The Kier molecular flexibility index (Phi) is 6.52. The van der Waals surface area contributed by atoms with Gasteiger partial charge in [-0.2, -0.15) is 0 Å². The van der Waals surface area contributed by atoms with Crippen molar-refractivity contribution in [1.82, 2.24) is 5.32 Å². The summed E-state index contributed by atoms with van der Waals surface area (Å²) >= 11 is 0. The molecule has 0 saturated carbocycles. The molecule has 6 heteroatoms. The van der Waals surface area contributed by atoms with Crippen LogP contribution >= 0.6 is 0 Å². The van der Waals surface area contributed by atoms with Crippen molar-refractivity contribution in [3.05, 3.63) is 29.8 Å². The predicted octanol–water partition coefficient (Wildman–Crippen LogP) is 0.278. The molecule has 0 spiro atoms. The lowest BCUT2D eigenvalue weighted by molar-refractivity contribution is -0.146. The van der Waals surface area contributed by atoms with E-state index >= 15 is 0 Å². The molecule has 1 rings (SSSR count). The van der Waals surface area contributed by atoms with Gasteiger partial charge in [-0.15, -0.1) is 0 Å². The Morgan fingerprint density at radius 1 is 1.35 bits per heavy atom. The Labute approximate surface area is 117 Å². The molecule has 2 N–H and O–H groups in total. The number of carbonyl (C=O) groups is 2. The third-order valence-corrected chi connectivity index (χ3v) is 2.78. The van der Waals surface area contributed by atoms with E-state index in [2.05, 4.69) is 10.1 Å². The second-order valence-electron chi connectivity index (χ2n) is 4.18. The summed E-state index contributed by atoms with van der Waals surface area (Å²) in [5, 5.41) is 11.4. The lowest BCUT2D eigenvalue weighted by Crippen LogP contribution is -2.44. The number of benzene rings is 1. The number of aryl methyl sites for hydroxylation is 1. The highest BCUT2D eigenvalue weighted by molar-refractivity contribution is 5.84. The number of amides is 1. The van der Waals surface area contributed by atoms with Crippen LogP contribution in [0.1, 0.15) is 12.0 Å². The van der Waals surface area contributed by atoms with Gasteiger partial charge >= 0.3 is 5.97 Å². The third kappa shape index (κ3) is 4.89. The first-order valence-corrected chi connectivity index (χ1v) is 6.21. The van der Waals surface area contributed by atoms with Crippen LogP contribution in [0.15, 0.2) is 24.3 Å². The Hall–Kier alpha value is -2.08. The van der Waals surface area contributed by atoms with Crippen molar-refractivity contribution in [2.75, 3.05) is 20.8 Å². The maximum Gasteiger partial charge on any atom is 0.330 e. The van der Waals surface area contributed by atoms with Crippen molar-refractivity contribution in [2.45, 2.75) is 18.9 Å². The van der Waals surface area contributed by atoms with Gasteiger partial charge in [-0.1, -0.05) is 12.1 Å². The monoisotopic (exact) mass is 281 g/mol. The van der Waals surface area contributed by atoms with E-state index in [9.17, 15) is 9.59 Å². The number of aliphatic hydroxyl groups excluding tert-OH is 1. The minimum Gasteiger partial charge on any atom is -0.497 e. The molecule has 1 atom stereocenters. The van der Waals surface area contributed by atoms with Gasteiger partial charge in [0.05, 0.1) is 20.8 Å². The smallest absolute Gasteiger partial charge is 0.330 e. The van der Waals surface area contributed by atoms with Crippen LogP contribution in [0.3, 0.4) is 0 Å². The molecule has 0 aromatic heterocycles. The summed E-state index contributed by atoms with van der Waals surface area (Å²) in [5.74, 6) is -0.259. The molecule has 0 bridgehead atoms. The van der Waals surface area contributed by atoms with Crippen molar-refractivity contribution in [2.24, 2.45) is 0 Å². The topological polar surface area (TPSA) is 84.9 Å². The zero-order valence-corrected chi connectivity index (χ0v) is 11.6. The maximum atomic E-state index is 11.7. The van der Waals surface area contributed by atoms with Gasteiger partial charge in [-0.3, -0.25) is 4.79 Å². The number of carbonyl (C=O) groups excluding carboxylic acids is 2. The molecule has 1 aromatic carbocycles. The number of aliphatic hydroxyl groups is 1. The number of esters is 1. The van der Waals surface area contributed by atoms with Crippen LogP contribution in [0.25, 0.3) is 0 Å². The van der Waals surface area contributed by atoms with Crippen LogP contribution in [0, 0.1) is 0 Å². The van der Waals surface area contributed by atoms with Crippen molar-refractivity contribution in [3.8, 4) is 5.75 Å². The fourth-order valence-corrected chi connectivity index (χ4v) is 1.67. The molecule has 0 fully saturated rings. The first kappa shape index (κ1) is 16.0. The summed E-state index contributed by atoms with van der Waals surface area (Å²) in [7, 11) is 2.78. The van der Waals surface area contributed by atoms with Gasteiger partial charge in [0.2, 0.25) is 5.91 Å². The Bertz CT molecular complexity index is 461. The molecule has 0 saturated heterocycles. The number of nitrogens with one attached hydrogen (secondary N) is 1. The fourth-order valence-electron chi connectivity index (χ4n) is 1.67.